The van der Waals surface area contributed by atoms with Crippen LogP contribution in [0.5, 0.6) is 0 Å². The van der Waals surface area contributed by atoms with Crippen LogP contribution < -0.4 is 10.6 Å². The summed E-state index contributed by atoms with van der Waals surface area (Å²) in [5.74, 6) is -2.88. The molecule has 0 radical (unpaired) electrons. The number of nitro groups is 1. The molecule has 2 amide bonds. The molecule has 0 aliphatic carbocycles. The molecule has 9 nitrogen and oxygen atoms in total. The van der Waals surface area contributed by atoms with E-state index >= 15 is 0 Å². The number of hydrogen-bond acceptors (Lipinski definition) is 7. The molecule has 0 aliphatic heterocycles. The van der Waals surface area contributed by atoms with Gasteiger partial charge in [-0.2, -0.15) is 4.39 Å². The Labute approximate surface area is 181 Å². The van der Waals surface area contributed by atoms with Crippen molar-refractivity contribution >= 4 is 46.6 Å². The normalized spacial score (nSPS) is 10.3. The number of carbonyl (C=O) groups excluding carboxylic acids is 3. The van der Waals surface area contributed by atoms with E-state index in [-0.39, 0.29) is 23.1 Å². The molecule has 0 unspecified atom stereocenters. The van der Waals surface area contributed by atoms with Crippen molar-refractivity contribution in [2.75, 3.05) is 28.7 Å². The molecule has 0 aromatic heterocycles. The maximum Gasteiger partial charge on any atom is 0.316 e. The highest BCUT2D eigenvalue weighted by Crippen LogP contribution is 2.21. The Kier molecular flexibility index (Phi) is 8.50. The smallest absolute Gasteiger partial charge is 0.316 e. The number of ether oxygens (including phenoxy) is 1. The van der Waals surface area contributed by atoms with Crippen LogP contribution in [0.15, 0.2) is 36.4 Å². The van der Waals surface area contributed by atoms with Crippen molar-refractivity contribution in [2.45, 2.75) is 13.8 Å². The van der Waals surface area contributed by atoms with Crippen LogP contribution >= 0.6 is 11.8 Å². The van der Waals surface area contributed by atoms with Gasteiger partial charge in [0.15, 0.2) is 6.61 Å². The predicted molar refractivity (Wildman–Crippen MR) is 115 cm³/mol. The second kappa shape index (κ2) is 11.1. The molecule has 2 rings (SSSR count). The van der Waals surface area contributed by atoms with Gasteiger partial charge >= 0.3 is 11.7 Å². The van der Waals surface area contributed by atoms with Crippen molar-refractivity contribution in [1.29, 1.82) is 0 Å². The Balaban J connectivity index is 1.70. The number of thioether (sulfide) groups is 1. The predicted octanol–water partition coefficient (Wildman–Crippen LogP) is 3.20. The van der Waals surface area contributed by atoms with Crippen molar-refractivity contribution in [3.63, 3.8) is 0 Å². The Morgan fingerprint density at radius 3 is 2.48 bits per heavy atom. The minimum absolute atomic E-state index is 0.00778. The summed E-state index contributed by atoms with van der Waals surface area (Å²) >= 11 is 1.03. The first-order valence-electron chi connectivity index (χ1n) is 9.00. The number of carbonyl (C=O) groups is 3. The van der Waals surface area contributed by atoms with E-state index < -0.39 is 34.9 Å². The van der Waals surface area contributed by atoms with Gasteiger partial charge in [-0.15, -0.1) is 11.8 Å². The number of nitrogens with one attached hydrogen (secondary N) is 2. The lowest BCUT2D eigenvalue weighted by atomic mass is 10.1. The fourth-order valence-corrected chi connectivity index (χ4v) is 3.09. The van der Waals surface area contributed by atoms with Gasteiger partial charge in [0.1, 0.15) is 0 Å². The number of hydrogen-bond donors (Lipinski definition) is 2. The standard InChI is InChI=1S/C20H20FN3O6S/c1-12-3-6-16(13(2)7-12)23-19(26)10-31-11-20(27)30-9-18(25)22-14-4-5-15(21)17(8-14)24(28)29/h3-8H,9-11H2,1-2H3,(H,22,25)(H,23,26). The highest BCUT2D eigenvalue weighted by molar-refractivity contribution is 8.00. The van der Waals surface area contributed by atoms with E-state index in [9.17, 15) is 28.9 Å². The molecule has 0 spiro atoms. The average molecular weight is 449 g/mol. The van der Waals surface area contributed by atoms with E-state index in [1.165, 1.54) is 0 Å². The molecule has 11 heteroatoms. The lowest BCUT2D eigenvalue weighted by Crippen LogP contribution is -2.22. The quantitative estimate of drug-likeness (QED) is 0.342. The average Bonchev–Trinajstić information content (AvgIpc) is 2.70. The molecule has 0 fully saturated rings. The molecule has 0 bridgehead atoms. The summed E-state index contributed by atoms with van der Waals surface area (Å²) in [5, 5.41) is 15.7. The molecule has 2 aromatic carbocycles. The van der Waals surface area contributed by atoms with Gasteiger partial charge in [-0.1, -0.05) is 17.7 Å². The Hall–Kier alpha value is -3.47. The lowest BCUT2D eigenvalue weighted by Gasteiger charge is -2.09. The molecular weight excluding hydrogens is 429 g/mol. The number of anilines is 2. The van der Waals surface area contributed by atoms with Crippen LogP contribution in [-0.4, -0.2) is 40.8 Å². The first-order chi connectivity index (χ1) is 14.7. The number of nitrogens with zero attached hydrogens (tertiary/aromatic N) is 1. The first-order valence-corrected chi connectivity index (χ1v) is 10.2. The van der Waals surface area contributed by atoms with Crippen LogP contribution in [-0.2, 0) is 19.1 Å². The monoisotopic (exact) mass is 449 g/mol. The molecule has 2 N–H and O–H groups in total. The Morgan fingerprint density at radius 2 is 1.81 bits per heavy atom. The maximum absolute atomic E-state index is 13.3. The molecule has 31 heavy (non-hydrogen) atoms. The summed E-state index contributed by atoms with van der Waals surface area (Å²) in [6.07, 6.45) is 0. The van der Waals surface area contributed by atoms with E-state index in [1.54, 1.807) is 6.07 Å². The third-order valence-electron chi connectivity index (χ3n) is 3.90. The van der Waals surface area contributed by atoms with E-state index in [1.807, 2.05) is 26.0 Å². The molecule has 0 atom stereocenters. The molecule has 0 heterocycles. The zero-order chi connectivity index (χ0) is 23.0. The number of benzene rings is 2. The van der Waals surface area contributed by atoms with Crippen LogP contribution in [0.25, 0.3) is 0 Å². The summed E-state index contributed by atoms with van der Waals surface area (Å²) in [6.45, 7) is 3.20. The fourth-order valence-electron chi connectivity index (χ4n) is 2.48. The summed E-state index contributed by atoms with van der Waals surface area (Å²) in [6, 6.07) is 8.47. The molecule has 0 aliphatic rings. The van der Waals surface area contributed by atoms with Gasteiger partial charge in [-0.25, -0.2) is 0 Å². The van der Waals surface area contributed by atoms with Crippen LogP contribution in [0.1, 0.15) is 11.1 Å². The first kappa shape index (κ1) is 23.8. The summed E-state index contributed by atoms with van der Waals surface area (Å²) in [5.41, 5.74) is 1.90. The minimum Gasteiger partial charge on any atom is -0.455 e. The molecular formula is C20H20FN3O6S. The van der Waals surface area contributed by atoms with Gasteiger partial charge in [0, 0.05) is 17.4 Å². The van der Waals surface area contributed by atoms with Crippen molar-refractivity contribution in [1.82, 2.24) is 0 Å². The van der Waals surface area contributed by atoms with E-state index in [0.717, 1.165) is 41.1 Å². The highest BCUT2D eigenvalue weighted by atomic mass is 32.2. The van der Waals surface area contributed by atoms with Crippen LogP contribution in [0.2, 0.25) is 0 Å². The van der Waals surface area contributed by atoms with Crippen LogP contribution in [0.3, 0.4) is 0 Å². The van der Waals surface area contributed by atoms with Gasteiger partial charge in [0.2, 0.25) is 11.7 Å². The van der Waals surface area contributed by atoms with Crippen molar-refractivity contribution in [3.05, 3.63) is 63.5 Å². The van der Waals surface area contributed by atoms with Crippen molar-refractivity contribution in [3.8, 4) is 0 Å². The molecule has 2 aromatic rings. The second-order valence-electron chi connectivity index (χ2n) is 6.49. The van der Waals surface area contributed by atoms with Crippen molar-refractivity contribution < 1.29 is 28.4 Å². The fraction of sp³-hybridized carbons (Fsp3) is 0.250. The topological polar surface area (TPSA) is 128 Å². The van der Waals surface area contributed by atoms with E-state index in [2.05, 4.69) is 10.6 Å². The summed E-state index contributed by atoms with van der Waals surface area (Å²) in [7, 11) is 0. The largest absolute Gasteiger partial charge is 0.455 e. The van der Waals surface area contributed by atoms with Gasteiger partial charge in [-0.05, 0) is 37.6 Å². The van der Waals surface area contributed by atoms with Gasteiger partial charge in [0.05, 0.1) is 16.4 Å². The zero-order valence-corrected chi connectivity index (χ0v) is 17.6. The highest BCUT2D eigenvalue weighted by Gasteiger charge is 2.16. The third kappa shape index (κ3) is 7.70. The molecule has 0 saturated heterocycles. The van der Waals surface area contributed by atoms with Crippen LogP contribution in [0.4, 0.5) is 21.5 Å². The number of aryl methyl sites for hydroxylation is 2. The maximum atomic E-state index is 13.3. The SMILES string of the molecule is Cc1ccc(NC(=O)CSCC(=O)OCC(=O)Nc2ccc(F)c([N+](=O)[O-])c2)c(C)c1. The summed E-state index contributed by atoms with van der Waals surface area (Å²) < 4.78 is 18.1. The lowest BCUT2D eigenvalue weighted by molar-refractivity contribution is -0.387. The number of nitro benzene ring substituents is 1. The summed E-state index contributed by atoms with van der Waals surface area (Å²) in [4.78, 5) is 45.3. The number of esters is 1. The Bertz CT molecular complexity index is 1010. The van der Waals surface area contributed by atoms with Gasteiger partial charge in [0.25, 0.3) is 5.91 Å². The van der Waals surface area contributed by atoms with Gasteiger partial charge in [-0.3, -0.25) is 24.5 Å². The van der Waals surface area contributed by atoms with Crippen molar-refractivity contribution in [2.24, 2.45) is 0 Å². The second-order valence-corrected chi connectivity index (χ2v) is 7.48. The number of amides is 2. The number of halogens is 1. The Morgan fingerprint density at radius 1 is 1.06 bits per heavy atom. The van der Waals surface area contributed by atoms with Crippen LogP contribution in [0, 0.1) is 29.8 Å². The zero-order valence-electron chi connectivity index (χ0n) is 16.8. The van der Waals surface area contributed by atoms with E-state index in [0.29, 0.717) is 5.69 Å². The number of rotatable bonds is 9. The molecule has 0 saturated carbocycles. The minimum atomic E-state index is -1.03. The molecule has 164 valence electrons. The van der Waals surface area contributed by atoms with Gasteiger partial charge < -0.3 is 15.4 Å². The van der Waals surface area contributed by atoms with E-state index in [4.69, 9.17) is 4.74 Å². The third-order valence-corrected chi connectivity index (χ3v) is 4.81.